The summed E-state index contributed by atoms with van der Waals surface area (Å²) in [4.78, 5) is 76.2. The van der Waals surface area contributed by atoms with E-state index in [1.165, 1.54) is 109 Å². The van der Waals surface area contributed by atoms with E-state index < -0.39 is 63.2 Å². The van der Waals surface area contributed by atoms with Crippen molar-refractivity contribution < 1.29 is 46.9 Å². The number of amides is 6. The summed E-state index contributed by atoms with van der Waals surface area (Å²) in [6.45, 7) is 21.8. The Morgan fingerprint density at radius 3 is 0.516 bits per heavy atom. The Labute approximate surface area is 564 Å². The third-order valence-corrected chi connectivity index (χ3v) is 24.0. The molecule has 0 spiro atoms. The first kappa shape index (κ1) is 70.0. The molecule has 0 saturated heterocycles. The van der Waals surface area contributed by atoms with Crippen LogP contribution in [0.25, 0.3) is 0 Å². The molecule has 0 aliphatic rings. The third-order valence-electron chi connectivity index (χ3n) is 11.7. The number of hydrogen-bond acceptors (Lipinski definition) is 12. The topological polar surface area (TPSA) is 230 Å². The molecule has 7 rings (SSSR count). The van der Waals surface area contributed by atoms with Crippen LogP contribution >= 0.6 is 0 Å². The number of rotatable bonds is 33. The average molecular weight is 1570 g/mol. The Hall–Kier alpha value is -10.5. The molecule has 0 radical (unpaired) electrons. The summed E-state index contributed by atoms with van der Waals surface area (Å²) >= 11 is -12.0. The molecule has 0 bridgehead atoms. The summed E-state index contributed by atoms with van der Waals surface area (Å²) in [7, 11) is 0. The maximum atomic E-state index is 12.7. The van der Waals surface area contributed by atoms with Gasteiger partial charge in [0.2, 0.25) is 0 Å². The molecule has 0 aromatic heterocycles. The maximum absolute atomic E-state index is 12.7. The van der Waals surface area contributed by atoms with Crippen LogP contribution in [0.3, 0.4) is 0 Å². The molecule has 0 aliphatic heterocycles. The second kappa shape index (κ2) is 37.6. The normalized spacial score (nSPS) is 11.1. The fourth-order valence-corrected chi connectivity index (χ4v) is 21.9. The number of nitrogens with one attached hydrogen (secondary N) is 6. The molecule has 6 N–H and O–H groups in total. The van der Waals surface area contributed by atoms with Crippen molar-refractivity contribution in [3.05, 3.63) is 313 Å². The predicted octanol–water partition coefficient (Wildman–Crippen LogP) is 11.3. The molecule has 0 heterocycles. The number of benzene rings is 7. The zero-order valence-corrected chi connectivity index (χ0v) is 57.6. The van der Waals surface area contributed by atoms with Gasteiger partial charge in [-0.1, -0.05) is 0 Å². The summed E-state index contributed by atoms with van der Waals surface area (Å²) in [5, 5.41) is 17.0. The summed E-state index contributed by atoms with van der Waals surface area (Å²) < 4.78 is 43.9. The van der Waals surface area contributed by atoms with E-state index >= 15 is 0 Å². The molecule has 6 amide bonds. The van der Waals surface area contributed by atoms with Crippen LogP contribution in [-0.2, 0) is 28.8 Å². The van der Waals surface area contributed by atoms with Gasteiger partial charge in [-0.3, -0.25) is 0 Å². The van der Waals surface area contributed by atoms with Gasteiger partial charge in [0.15, 0.2) is 0 Å². The zero-order valence-electron chi connectivity index (χ0n) is 50.0. The number of anilines is 6. The van der Waals surface area contributed by atoms with Crippen LogP contribution in [0.15, 0.2) is 313 Å². The van der Waals surface area contributed by atoms with Gasteiger partial charge in [-0.25, -0.2) is 0 Å². The van der Waals surface area contributed by atoms with E-state index in [0.29, 0.717) is 79.2 Å². The van der Waals surface area contributed by atoms with Gasteiger partial charge in [-0.15, -0.1) is 0 Å². The molecular weight excluding hydrogens is 1510 g/mol. The van der Waals surface area contributed by atoms with Crippen molar-refractivity contribution in [2.24, 2.45) is 0 Å². The second-order valence-electron chi connectivity index (χ2n) is 18.7. The Bertz CT molecular complexity index is 3340. The van der Waals surface area contributed by atoms with Gasteiger partial charge in [-0.2, -0.15) is 0 Å². The van der Waals surface area contributed by atoms with E-state index in [4.69, 9.17) is 18.1 Å². The van der Waals surface area contributed by atoms with Gasteiger partial charge in [0.1, 0.15) is 0 Å². The quantitative estimate of drug-likeness (QED) is 0.0128. The van der Waals surface area contributed by atoms with Gasteiger partial charge >= 0.3 is 569 Å². The van der Waals surface area contributed by atoms with Crippen LogP contribution in [0.2, 0.25) is 0 Å². The first-order chi connectivity index (χ1) is 45.2. The molecule has 468 valence electrons. The molecule has 7 aromatic carbocycles. The van der Waals surface area contributed by atoms with E-state index in [1.54, 1.807) is 146 Å². The molecular formula is C72H63N6O12Sb3. The Kier molecular flexibility index (Phi) is 28.3. The molecule has 0 unspecified atom stereocenters. The van der Waals surface area contributed by atoms with Gasteiger partial charge in [-0.05, 0) is 0 Å². The zero-order chi connectivity index (χ0) is 66.2. The van der Waals surface area contributed by atoms with E-state index in [2.05, 4.69) is 71.4 Å². The molecule has 18 nitrogen and oxygen atoms in total. The molecule has 0 atom stereocenters. The molecule has 7 aromatic rings. The summed E-state index contributed by atoms with van der Waals surface area (Å²) in [6, 6.07) is 46.6. The van der Waals surface area contributed by atoms with Crippen LogP contribution in [0, 0.1) is 0 Å². The third kappa shape index (κ3) is 24.3. The SMILES string of the molecule is C=CC=CC(=O)Nc1ccc([O][Sb]([O]c2ccc(NC(=O)C=CC=C)cc2)[c]2c[c]([Sb]([O]c3ccc(NC(=O)C=CC=C)cc3)[O]c3ccc(NC(=O)C=CC=C)cc3)c[c]([Sb]([O]c3ccc(NC(=O)C=CC=C)cc3)[O]c3ccc(NC(=O)C=CC=C)cc3)c2)cc1. The van der Waals surface area contributed by atoms with Crippen LogP contribution in [0.4, 0.5) is 34.1 Å². The molecule has 93 heavy (non-hydrogen) atoms. The fourth-order valence-electron chi connectivity index (χ4n) is 7.47. The van der Waals surface area contributed by atoms with Crippen LogP contribution in [0.1, 0.15) is 0 Å². The van der Waals surface area contributed by atoms with Crippen molar-refractivity contribution >= 4 is 143 Å². The van der Waals surface area contributed by atoms with Crippen LogP contribution < -0.4 is 60.5 Å². The van der Waals surface area contributed by atoms with E-state index in [1.807, 2.05) is 18.2 Å². The molecule has 0 aliphatic carbocycles. The van der Waals surface area contributed by atoms with Gasteiger partial charge in [0.25, 0.3) is 0 Å². The van der Waals surface area contributed by atoms with Crippen molar-refractivity contribution in [2.75, 3.05) is 31.9 Å². The number of allylic oxidation sites excluding steroid dienone is 12. The summed E-state index contributed by atoms with van der Waals surface area (Å²) in [5.41, 5.74) is 2.95. The Morgan fingerprint density at radius 2 is 0.387 bits per heavy atom. The minimum atomic E-state index is -4.01. The van der Waals surface area contributed by atoms with Gasteiger partial charge in [0, 0.05) is 0 Å². The minimum absolute atomic E-state index is 0.366. The first-order valence-electron chi connectivity index (χ1n) is 28.1. The van der Waals surface area contributed by atoms with E-state index in [0.717, 1.165) is 0 Å². The second-order valence-corrected chi connectivity index (χ2v) is 30.6. The number of hydrogen-bond donors (Lipinski definition) is 6. The summed E-state index contributed by atoms with van der Waals surface area (Å²) in [6.07, 6.45) is 26.2. The average Bonchev–Trinajstić information content (AvgIpc) is 0.845. The standard InChI is InChI=1S/6C11H11NO2.C6H3.3Sb/c6*1-2-3-4-11(14)12-9-5-7-10(13)8-6-9;1-2-4-6-5-3-1;;;/h6*2-8,13H,1H2,(H,12,14);1,4-5H;;;/q;;;;;;;3*+2/p-6. The predicted molar refractivity (Wildman–Crippen MR) is 373 cm³/mol. The number of carbonyl (C=O) groups is 6. The Morgan fingerprint density at radius 1 is 0.247 bits per heavy atom. The fraction of sp³-hybridized carbons (Fsp3) is 0. The van der Waals surface area contributed by atoms with Gasteiger partial charge in [0.05, 0.1) is 0 Å². The first-order valence-corrected chi connectivity index (χ1v) is 38.1. The summed E-state index contributed by atoms with van der Waals surface area (Å²) in [5.74, 6) is 0.200. The van der Waals surface area contributed by atoms with E-state index in [-0.39, 0.29) is 35.4 Å². The number of carbonyl (C=O) groups excluding carboxylic acids is 6. The van der Waals surface area contributed by atoms with Crippen LogP contribution in [-0.4, -0.2) is 98.6 Å². The van der Waals surface area contributed by atoms with Crippen molar-refractivity contribution in [2.45, 2.75) is 0 Å². The van der Waals surface area contributed by atoms with E-state index in [9.17, 15) is 28.8 Å². The monoisotopic (exact) mass is 1570 g/mol. The van der Waals surface area contributed by atoms with Crippen molar-refractivity contribution in [1.29, 1.82) is 0 Å². The molecule has 0 fully saturated rings. The molecule has 0 saturated carbocycles. The van der Waals surface area contributed by atoms with Crippen molar-refractivity contribution in [3.8, 4) is 34.5 Å². The van der Waals surface area contributed by atoms with Crippen molar-refractivity contribution in [3.63, 3.8) is 0 Å². The van der Waals surface area contributed by atoms with Gasteiger partial charge < -0.3 is 0 Å². The molecule has 21 heteroatoms. The van der Waals surface area contributed by atoms with Crippen molar-refractivity contribution in [1.82, 2.24) is 0 Å². The van der Waals surface area contributed by atoms with Crippen LogP contribution in [0.5, 0.6) is 34.5 Å². The Balaban J connectivity index is 1.42.